The van der Waals surface area contributed by atoms with Gasteiger partial charge in [-0.3, -0.25) is 9.59 Å². The van der Waals surface area contributed by atoms with Crippen LogP contribution in [0.25, 0.3) is 0 Å². The molecule has 0 fully saturated rings. The van der Waals surface area contributed by atoms with E-state index in [-0.39, 0.29) is 11.8 Å². The summed E-state index contributed by atoms with van der Waals surface area (Å²) in [5, 5.41) is 7.55. The highest BCUT2D eigenvalue weighted by Crippen LogP contribution is 2.18. The number of hydrogen-bond donors (Lipinski definition) is 2. The molecule has 6 nitrogen and oxygen atoms in total. The SMILES string of the molecule is Cc1ccc(C(=O)NC(C(=O)N/N=C/c2ccccc2OCc2ccc(Cl)cc2)C(C)C)cc1. The minimum absolute atomic E-state index is 0.125. The number of ether oxygens (including phenoxy) is 1. The van der Waals surface area contributed by atoms with Gasteiger partial charge in [0.05, 0.1) is 6.21 Å². The second-order valence-corrected chi connectivity index (χ2v) is 8.68. The van der Waals surface area contributed by atoms with Gasteiger partial charge in [0, 0.05) is 16.1 Å². The van der Waals surface area contributed by atoms with E-state index in [1.807, 2.05) is 81.4 Å². The molecule has 2 amide bonds. The molecule has 176 valence electrons. The van der Waals surface area contributed by atoms with Crippen molar-refractivity contribution in [2.24, 2.45) is 11.0 Å². The summed E-state index contributed by atoms with van der Waals surface area (Å²) < 4.78 is 5.91. The fourth-order valence-corrected chi connectivity index (χ4v) is 3.29. The Morgan fingerprint density at radius 2 is 1.68 bits per heavy atom. The second kappa shape index (κ2) is 12.0. The summed E-state index contributed by atoms with van der Waals surface area (Å²) >= 11 is 5.93. The lowest BCUT2D eigenvalue weighted by atomic mass is 10.0. The van der Waals surface area contributed by atoms with Gasteiger partial charge in [0.1, 0.15) is 18.4 Å². The van der Waals surface area contributed by atoms with Crippen LogP contribution in [0.4, 0.5) is 0 Å². The van der Waals surface area contributed by atoms with Gasteiger partial charge in [-0.05, 0) is 54.8 Å². The van der Waals surface area contributed by atoms with Gasteiger partial charge in [-0.1, -0.05) is 67.4 Å². The largest absolute Gasteiger partial charge is 0.488 e. The number of carbonyl (C=O) groups is 2. The molecule has 7 heteroatoms. The second-order valence-electron chi connectivity index (χ2n) is 8.25. The van der Waals surface area contributed by atoms with Crippen LogP contribution in [0.15, 0.2) is 77.9 Å². The zero-order valence-corrected chi connectivity index (χ0v) is 20.2. The summed E-state index contributed by atoms with van der Waals surface area (Å²) in [4.78, 5) is 25.3. The zero-order valence-electron chi connectivity index (χ0n) is 19.4. The van der Waals surface area contributed by atoms with Gasteiger partial charge >= 0.3 is 0 Å². The van der Waals surface area contributed by atoms with Crippen molar-refractivity contribution >= 4 is 29.6 Å². The summed E-state index contributed by atoms with van der Waals surface area (Å²) in [6, 6.07) is 21.3. The molecule has 3 aromatic rings. The minimum Gasteiger partial charge on any atom is -0.488 e. The smallest absolute Gasteiger partial charge is 0.262 e. The molecule has 2 N–H and O–H groups in total. The Morgan fingerprint density at radius 1 is 1.00 bits per heavy atom. The minimum atomic E-state index is -0.734. The number of aryl methyl sites for hydroxylation is 1. The molecule has 1 atom stereocenters. The number of hydrazone groups is 1. The molecule has 0 heterocycles. The maximum atomic E-state index is 12.7. The van der Waals surface area contributed by atoms with E-state index in [0.29, 0.717) is 28.5 Å². The van der Waals surface area contributed by atoms with Gasteiger partial charge in [0.25, 0.3) is 11.8 Å². The van der Waals surface area contributed by atoms with Crippen molar-refractivity contribution in [1.29, 1.82) is 0 Å². The monoisotopic (exact) mass is 477 g/mol. The molecular formula is C27H28ClN3O3. The molecular weight excluding hydrogens is 450 g/mol. The summed E-state index contributed by atoms with van der Waals surface area (Å²) in [6.07, 6.45) is 1.52. The molecule has 0 aliphatic rings. The fraction of sp³-hybridized carbons (Fsp3) is 0.222. The average molecular weight is 478 g/mol. The molecule has 0 aliphatic heterocycles. The van der Waals surface area contributed by atoms with Gasteiger partial charge in [-0.25, -0.2) is 5.43 Å². The van der Waals surface area contributed by atoms with Crippen LogP contribution in [-0.2, 0) is 11.4 Å². The maximum absolute atomic E-state index is 12.7. The van der Waals surface area contributed by atoms with Crippen molar-refractivity contribution in [1.82, 2.24) is 10.7 Å². The predicted molar refractivity (Wildman–Crippen MR) is 135 cm³/mol. The number of halogens is 1. The Balaban J connectivity index is 1.61. The molecule has 1 unspecified atom stereocenters. The van der Waals surface area contributed by atoms with Crippen LogP contribution in [0, 0.1) is 12.8 Å². The maximum Gasteiger partial charge on any atom is 0.262 e. The van der Waals surface area contributed by atoms with Crippen LogP contribution < -0.4 is 15.5 Å². The highest BCUT2D eigenvalue weighted by molar-refractivity contribution is 6.30. The quantitative estimate of drug-likeness (QED) is 0.331. The lowest BCUT2D eigenvalue weighted by Crippen LogP contribution is -2.48. The van der Waals surface area contributed by atoms with Crippen LogP contribution in [0.2, 0.25) is 5.02 Å². The molecule has 0 aliphatic carbocycles. The van der Waals surface area contributed by atoms with Gasteiger partial charge in [-0.2, -0.15) is 5.10 Å². The van der Waals surface area contributed by atoms with Crippen molar-refractivity contribution in [3.63, 3.8) is 0 Å². The van der Waals surface area contributed by atoms with E-state index < -0.39 is 11.9 Å². The first kappa shape index (κ1) is 25.0. The van der Waals surface area contributed by atoms with E-state index >= 15 is 0 Å². The lowest BCUT2D eigenvalue weighted by Gasteiger charge is -2.20. The first-order chi connectivity index (χ1) is 16.3. The van der Waals surface area contributed by atoms with Gasteiger partial charge in [-0.15, -0.1) is 0 Å². The Bertz CT molecular complexity index is 1140. The van der Waals surface area contributed by atoms with Crippen LogP contribution >= 0.6 is 11.6 Å². The average Bonchev–Trinajstić information content (AvgIpc) is 2.83. The van der Waals surface area contributed by atoms with E-state index in [0.717, 1.165) is 11.1 Å². The lowest BCUT2D eigenvalue weighted by molar-refractivity contribution is -0.123. The van der Waals surface area contributed by atoms with Crippen molar-refractivity contribution in [2.75, 3.05) is 0 Å². The summed E-state index contributed by atoms with van der Waals surface area (Å²) in [7, 11) is 0. The normalized spacial score (nSPS) is 11.9. The van der Waals surface area contributed by atoms with Crippen LogP contribution in [-0.4, -0.2) is 24.1 Å². The number of benzene rings is 3. The number of nitrogens with zero attached hydrogens (tertiary/aromatic N) is 1. The third-order valence-corrected chi connectivity index (χ3v) is 5.41. The third kappa shape index (κ3) is 7.18. The van der Waals surface area contributed by atoms with Crippen molar-refractivity contribution in [3.8, 4) is 5.75 Å². The van der Waals surface area contributed by atoms with E-state index in [9.17, 15) is 9.59 Å². The zero-order chi connectivity index (χ0) is 24.5. The first-order valence-electron chi connectivity index (χ1n) is 11.0. The molecule has 0 saturated heterocycles. The van der Waals surface area contributed by atoms with E-state index in [1.165, 1.54) is 6.21 Å². The third-order valence-electron chi connectivity index (χ3n) is 5.15. The topological polar surface area (TPSA) is 79.8 Å². The number of hydrogen-bond acceptors (Lipinski definition) is 4. The molecule has 34 heavy (non-hydrogen) atoms. The first-order valence-corrected chi connectivity index (χ1v) is 11.4. The Kier molecular flexibility index (Phi) is 8.82. The Labute approximate surface area is 205 Å². The molecule has 0 saturated carbocycles. The predicted octanol–water partition coefficient (Wildman–Crippen LogP) is 5.13. The molecule has 0 bridgehead atoms. The Hall–Kier alpha value is -3.64. The number of rotatable bonds is 9. The Morgan fingerprint density at radius 3 is 2.35 bits per heavy atom. The molecule has 3 rings (SSSR count). The van der Waals surface area contributed by atoms with Gasteiger partial charge in [0.15, 0.2) is 0 Å². The van der Waals surface area contributed by atoms with Crippen LogP contribution in [0.5, 0.6) is 5.75 Å². The molecule has 0 radical (unpaired) electrons. The molecule has 0 spiro atoms. The summed E-state index contributed by atoms with van der Waals surface area (Å²) in [5.41, 5.74) is 5.78. The number of amides is 2. The van der Waals surface area contributed by atoms with Crippen LogP contribution in [0.3, 0.4) is 0 Å². The summed E-state index contributed by atoms with van der Waals surface area (Å²) in [5.74, 6) is -0.201. The van der Waals surface area contributed by atoms with E-state index in [2.05, 4.69) is 15.8 Å². The highest BCUT2D eigenvalue weighted by Gasteiger charge is 2.24. The number of para-hydroxylation sites is 1. The van der Waals surface area contributed by atoms with E-state index in [1.54, 1.807) is 12.1 Å². The van der Waals surface area contributed by atoms with E-state index in [4.69, 9.17) is 16.3 Å². The summed E-state index contributed by atoms with van der Waals surface area (Å²) in [6.45, 7) is 6.05. The van der Waals surface area contributed by atoms with Gasteiger partial charge in [0.2, 0.25) is 0 Å². The fourth-order valence-electron chi connectivity index (χ4n) is 3.16. The molecule has 3 aromatic carbocycles. The number of carbonyl (C=O) groups excluding carboxylic acids is 2. The van der Waals surface area contributed by atoms with Crippen LogP contribution in [0.1, 0.15) is 40.9 Å². The van der Waals surface area contributed by atoms with Crippen molar-refractivity contribution in [3.05, 3.63) is 100 Å². The standard InChI is InChI=1S/C27H28ClN3O3/c1-18(2)25(30-26(32)21-12-8-19(3)9-13-21)27(33)31-29-16-22-6-4-5-7-24(22)34-17-20-10-14-23(28)15-11-20/h4-16,18,25H,17H2,1-3H3,(H,30,32)(H,31,33)/b29-16+. The number of nitrogens with one attached hydrogen (secondary N) is 2. The highest BCUT2D eigenvalue weighted by atomic mass is 35.5. The van der Waals surface area contributed by atoms with Crippen molar-refractivity contribution in [2.45, 2.75) is 33.4 Å². The van der Waals surface area contributed by atoms with Gasteiger partial charge < -0.3 is 10.1 Å². The molecule has 0 aromatic heterocycles. The van der Waals surface area contributed by atoms with Crippen molar-refractivity contribution < 1.29 is 14.3 Å².